The monoisotopic (exact) mass is 387 g/mol. The van der Waals surface area contributed by atoms with Crippen LogP contribution in [-0.2, 0) is 4.79 Å². The smallest absolute Gasteiger partial charge is 0.310 e. The van der Waals surface area contributed by atoms with E-state index in [2.05, 4.69) is 10.5 Å². The van der Waals surface area contributed by atoms with Gasteiger partial charge in [0.05, 0.1) is 24.9 Å². The molecule has 28 heavy (non-hydrogen) atoms. The molecule has 1 unspecified atom stereocenters. The van der Waals surface area contributed by atoms with Crippen LogP contribution in [0.15, 0.2) is 47.6 Å². The molecule has 2 aromatic rings. The molecule has 1 amide bonds. The molecule has 0 radical (unpaired) electrons. The van der Waals surface area contributed by atoms with Gasteiger partial charge in [-0.15, -0.1) is 0 Å². The van der Waals surface area contributed by atoms with E-state index in [1.54, 1.807) is 24.3 Å². The lowest BCUT2D eigenvalue weighted by Gasteiger charge is -2.12. The molecule has 148 valence electrons. The van der Waals surface area contributed by atoms with E-state index in [0.717, 1.165) is 0 Å². The first kappa shape index (κ1) is 20.7. The molecule has 1 N–H and O–H groups in total. The molecule has 0 saturated carbocycles. The summed E-state index contributed by atoms with van der Waals surface area (Å²) in [5.74, 6) is 0.616. The number of ether oxygens (including phenoxy) is 3. The molecular weight excluding hydrogens is 366 g/mol. The van der Waals surface area contributed by atoms with E-state index in [1.165, 1.54) is 38.4 Å². The number of carbonyl (C=O) groups excluding carboxylic acids is 1. The zero-order valence-corrected chi connectivity index (χ0v) is 15.7. The fraction of sp³-hybridized carbons (Fsp3) is 0.263. The van der Waals surface area contributed by atoms with E-state index < -0.39 is 16.9 Å². The maximum absolute atomic E-state index is 12.1. The maximum atomic E-state index is 12.1. The van der Waals surface area contributed by atoms with Gasteiger partial charge in [-0.25, -0.2) is 5.43 Å². The van der Waals surface area contributed by atoms with Crippen LogP contribution >= 0.6 is 0 Å². The topological polar surface area (TPSA) is 112 Å². The van der Waals surface area contributed by atoms with Gasteiger partial charge in [0.1, 0.15) is 0 Å². The standard InChI is InChI=1S/C19H21N3O6/c1-4-27-17-10-9-14(11-18(17)26-3)12-20-21-19(23)13(2)28-16-8-6-5-7-15(16)22(24)25/h5-13H,4H2,1-3H3,(H,21,23). The Bertz CT molecular complexity index is 868. The number of nitro groups is 1. The van der Waals surface area contributed by atoms with Crippen molar-refractivity contribution in [2.45, 2.75) is 20.0 Å². The van der Waals surface area contributed by atoms with Gasteiger partial charge in [-0.2, -0.15) is 5.10 Å². The van der Waals surface area contributed by atoms with Crippen molar-refractivity contribution >= 4 is 17.8 Å². The molecule has 0 aromatic heterocycles. The number of para-hydroxylation sites is 2. The highest BCUT2D eigenvalue weighted by atomic mass is 16.6. The van der Waals surface area contributed by atoms with E-state index in [1.807, 2.05) is 6.92 Å². The number of methoxy groups -OCH3 is 1. The number of hydrogen-bond donors (Lipinski definition) is 1. The minimum Gasteiger partial charge on any atom is -0.493 e. The third-order valence-corrected chi connectivity index (χ3v) is 3.61. The first-order chi connectivity index (χ1) is 13.5. The van der Waals surface area contributed by atoms with Gasteiger partial charge in [-0.05, 0) is 43.7 Å². The Morgan fingerprint density at radius 2 is 2.00 bits per heavy atom. The Morgan fingerprint density at radius 3 is 2.68 bits per heavy atom. The number of nitro benzene ring substituents is 1. The maximum Gasteiger partial charge on any atom is 0.310 e. The van der Waals surface area contributed by atoms with E-state index in [9.17, 15) is 14.9 Å². The Kier molecular flexibility index (Phi) is 7.32. The van der Waals surface area contributed by atoms with Gasteiger partial charge in [0, 0.05) is 6.07 Å². The lowest BCUT2D eigenvalue weighted by molar-refractivity contribution is -0.386. The van der Waals surface area contributed by atoms with Gasteiger partial charge >= 0.3 is 5.69 Å². The van der Waals surface area contributed by atoms with Crippen molar-refractivity contribution in [3.63, 3.8) is 0 Å². The lowest BCUT2D eigenvalue weighted by atomic mass is 10.2. The fourth-order valence-electron chi connectivity index (χ4n) is 2.25. The average Bonchev–Trinajstić information content (AvgIpc) is 2.69. The van der Waals surface area contributed by atoms with Crippen LogP contribution < -0.4 is 19.6 Å². The molecule has 0 aliphatic carbocycles. The van der Waals surface area contributed by atoms with Crippen molar-refractivity contribution < 1.29 is 23.9 Å². The largest absolute Gasteiger partial charge is 0.493 e. The summed E-state index contributed by atoms with van der Waals surface area (Å²) in [6.45, 7) is 3.86. The van der Waals surface area contributed by atoms with E-state index in [-0.39, 0.29) is 11.4 Å². The quantitative estimate of drug-likeness (QED) is 0.402. The number of carbonyl (C=O) groups is 1. The summed E-state index contributed by atoms with van der Waals surface area (Å²) in [7, 11) is 1.53. The molecule has 2 aromatic carbocycles. The lowest BCUT2D eigenvalue weighted by Crippen LogP contribution is -2.33. The summed E-state index contributed by atoms with van der Waals surface area (Å²) in [5, 5.41) is 14.9. The van der Waals surface area contributed by atoms with Crippen LogP contribution in [0, 0.1) is 10.1 Å². The molecule has 0 spiro atoms. The third kappa shape index (κ3) is 5.44. The summed E-state index contributed by atoms with van der Waals surface area (Å²) >= 11 is 0. The van der Waals surface area contributed by atoms with Gasteiger partial charge in [-0.1, -0.05) is 12.1 Å². The minimum absolute atomic E-state index is 0.00961. The number of nitrogens with zero attached hydrogens (tertiary/aromatic N) is 2. The van der Waals surface area contributed by atoms with Gasteiger partial charge in [0.25, 0.3) is 5.91 Å². The number of hydrogen-bond acceptors (Lipinski definition) is 7. The van der Waals surface area contributed by atoms with Crippen LogP contribution in [-0.4, -0.2) is 36.9 Å². The molecule has 0 heterocycles. The third-order valence-electron chi connectivity index (χ3n) is 3.61. The van der Waals surface area contributed by atoms with Crippen molar-refractivity contribution in [1.82, 2.24) is 5.43 Å². The van der Waals surface area contributed by atoms with Crippen molar-refractivity contribution in [3.8, 4) is 17.2 Å². The SMILES string of the molecule is CCOc1ccc(C=NNC(=O)C(C)Oc2ccccc2[N+](=O)[O-])cc1OC. The van der Waals surface area contributed by atoms with Crippen LogP contribution in [0.1, 0.15) is 19.4 Å². The van der Waals surface area contributed by atoms with Gasteiger partial charge in [-0.3, -0.25) is 14.9 Å². The second kappa shape index (κ2) is 9.91. The highest BCUT2D eigenvalue weighted by Crippen LogP contribution is 2.28. The normalized spacial score (nSPS) is 11.7. The number of hydrazone groups is 1. The molecule has 9 heteroatoms. The van der Waals surface area contributed by atoms with Crippen LogP contribution in [0.4, 0.5) is 5.69 Å². The molecule has 0 saturated heterocycles. The predicted octanol–water partition coefficient (Wildman–Crippen LogP) is 2.92. The van der Waals surface area contributed by atoms with E-state index in [4.69, 9.17) is 14.2 Å². The second-order valence-corrected chi connectivity index (χ2v) is 5.56. The molecule has 1 atom stereocenters. The summed E-state index contributed by atoms with van der Waals surface area (Å²) < 4.78 is 16.1. The Labute approximate surface area is 162 Å². The number of rotatable bonds is 9. The van der Waals surface area contributed by atoms with E-state index >= 15 is 0 Å². The molecule has 0 bridgehead atoms. The van der Waals surface area contributed by atoms with Crippen LogP contribution in [0.3, 0.4) is 0 Å². The summed E-state index contributed by atoms with van der Waals surface area (Å²) in [6, 6.07) is 11.1. The highest BCUT2D eigenvalue weighted by Gasteiger charge is 2.20. The van der Waals surface area contributed by atoms with Gasteiger partial charge in [0.15, 0.2) is 23.4 Å². The van der Waals surface area contributed by atoms with Crippen LogP contribution in [0.25, 0.3) is 0 Å². The first-order valence-corrected chi connectivity index (χ1v) is 8.50. The second-order valence-electron chi connectivity index (χ2n) is 5.56. The molecule has 0 aliphatic rings. The van der Waals surface area contributed by atoms with Crippen molar-refractivity contribution in [3.05, 3.63) is 58.1 Å². The fourth-order valence-corrected chi connectivity index (χ4v) is 2.25. The summed E-state index contributed by atoms with van der Waals surface area (Å²) in [6.07, 6.45) is 0.460. The highest BCUT2D eigenvalue weighted by molar-refractivity contribution is 5.85. The first-order valence-electron chi connectivity index (χ1n) is 8.50. The van der Waals surface area contributed by atoms with E-state index in [0.29, 0.717) is 23.7 Å². The van der Waals surface area contributed by atoms with Crippen LogP contribution in [0.2, 0.25) is 0 Å². The molecule has 0 aliphatic heterocycles. The average molecular weight is 387 g/mol. The minimum atomic E-state index is -0.979. The summed E-state index contributed by atoms with van der Waals surface area (Å²) in [4.78, 5) is 22.5. The molecule has 2 rings (SSSR count). The van der Waals surface area contributed by atoms with Gasteiger partial charge < -0.3 is 14.2 Å². The van der Waals surface area contributed by atoms with Crippen molar-refractivity contribution in [1.29, 1.82) is 0 Å². The van der Waals surface area contributed by atoms with Crippen LogP contribution in [0.5, 0.6) is 17.2 Å². The molecular formula is C19H21N3O6. The predicted molar refractivity (Wildman–Crippen MR) is 103 cm³/mol. The Hall–Kier alpha value is -3.62. The Morgan fingerprint density at radius 1 is 1.25 bits per heavy atom. The number of nitrogens with one attached hydrogen (secondary N) is 1. The Balaban J connectivity index is 1.99. The number of amides is 1. The molecule has 0 fully saturated rings. The van der Waals surface area contributed by atoms with Gasteiger partial charge in [0.2, 0.25) is 0 Å². The van der Waals surface area contributed by atoms with Crippen molar-refractivity contribution in [2.24, 2.45) is 5.10 Å². The van der Waals surface area contributed by atoms with Crippen molar-refractivity contribution in [2.75, 3.05) is 13.7 Å². The zero-order valence-electron chi connectivity index (χ0n) is 15.7. The zero-order chi connectivity index (χ0) is 20.5. The summed E-state index contributed by atoms with van der Waals surface area (Å²) in [5.41, 5.74) is 2.81. The molecule has 9 nitrogen and oxygen atoms in total. The number of benzene rings is 2.